The van der Waals surface area contributed by atoms with Crippen molar-refractivity contribution in [2.45, 2.75) is 10.8 Å². The lowest BCUT2D eigenvalue weighted by Crippen LogP contribution is -2.44. The van der Waals surface area contributed by atoms with E-state index in [1.807, 2.05) is 0 Å². The third kappa shape index (κ3) is 5.56. The molecule has 10 aromatic carbocycles. The van der Waals surface area contributed by atoms with Gasteiger partial charge in [-0.25, -0.2) is 0 Å². The molecule has 1 heteroatoms. The lowest BCUT2D eigenvalue weighted by molar-refractivity contribution is 0.624. The Balaban J connectivity index is 1.01. The van der Waals surface area contributed by atoms with E-state index in [1.165, 1.54) is 77.9 Å². The zero-order valence-electron chi connectivity index (χ0n) is 34.8. The number of hydrogen-bond acceptors (Lipinski definition) is 1. The van der Waals surface area contributed by atoms with Gasteiger partial charge in [0.05, 0.1) is 10.8 Å². The maximum Gasteiger partial charge on any atom is 0.0720 e. The fourth-order valence-corrected chi connectivity index (χ4v) is 11.0. The van der Waals surface area contributed by atoms with Crippen LogP contribution in [0.25, 0.3) is 33.4 Å². The molecule has 0 N–H and O–H groups in total. The summed E-state index contributed by atoms with van der Waals surface area (Å²) in [6.07, 6.45) is 0. The minimum absolute atomic E-state index is 0.525. The van der Waals surface area contributed by atoms with Gasteiger partial charge in [0, 0.05) is 17.1 Å². The van der Waals surface area contributed by atoms with Crippen molar-refractivity contribution in [1.82, 2.24) is 0 Å². The van der Waals surface area contributed by atoms with E-state index >= 15 is 0 Å². The molecule has 0 unspecified atom stereocenters. The maximum atomic E-state index is 2.49. The Labute approximate surface area is 369 Å². The SMILES string of the molecule is c1ccc(N(c2ccccc2)c2cccc(-c3ccc(-c4ccc5c(c4)C4(c6ccccc6-5)c5ccccc5C(c5ccccc5)(c5ccccc5)c5ccccc54)cc3)c2)cc1. The molecule has 0 saturated heterocycles. The highest BCUT2D eigenvalue weighted by Gasteiger charge is 2.56. The first-order chi connectivity index (χ1) is 31.3. The van der Waals surface area contributed by atoms with Crippen molar-refractivity contribution in [2.75, 3.05) is 4.90 Å². The highest BCUT2D eigenvalue weighted by Crippen LogP contribution is 2.64. The molecule has 63 heavy (non-hydrogen) atoms. The molecule has 0 heterocycles. The van der Waals surface area contributed by atoms with Crippen LogP contribution in [0.15, 0.2) is 261 Å². The summed E-state index contributed by atoms with van der Waals surface area (Å²) in [4.78, 5) is 2.32. The highest BCUT2D eigenvalue weighted by atomic mass is 15.1. The van der Waals surface area contributed by atoms with Gasteiger partial charge in [0.1, 0.15) is 0 Å². The quantitative estimate of drug-likeness (QED) is 0.155. The third-order valence-corrected chi connectivity index (χ3v) is 13.6. The van der Waals surface area contributed by atoms with Crippen LogP contribution in [0.2, 0.25) is 0 Å². The van der Waals surface area contributed by atoms with Crippen LogP contribution in [0, 0.1) is 0 Å². The molecular weight excluding hydrogens is 759 g/mol. The largest absolute Gasteiger partial charge is 0.310 e. The Morgan fingerprint density at radius 1 is 0.222 bits per heavy atom. The molecule has 0 saturated carbocycles. The van der Waals surface area contributed by atoms with Crippen molar-refractivity contribution in [2.24, 2.45) is 0 Å². The van der Waals surface area contributed by atoms with E-state index in [1.54, 1.807) is 0 Å². The van der Waals surface area contributed by atoms with E-state index in [9.17, 15) is 0 Å². The Morgan fingerprint density at radius 2 is 0.603 bits per heavy atom. The first-order valence-electron chi connectivity index (χ1n) is 21.9. The molecule has 0 fully saturated rings. The summed E-state index contributed by atoms with van der Waals surface area (Å²) in [5.74, 6) is 0. The van der Waals surface area contributed by atoms with E-state index < -0.39 is 10.8 Å². The molecule has 10 aromatic rings. The Hall–Kier alpha value is -8.00. The van der Waals surface area contributed by atoms with Crippen molar-refractivity contribution in [3.63, 3.8) is 0 Å². The van der Waals surface area contributed by atoms with Crippen molar-refractivity contribution in [1.29, 1.82) is 0 Å². The molecule has 0 radical (unpaired) electrons. The van der Waals surface area contributed by atoms with Gasteiger partial charge < -0.3 is 4.90 Å². The van der Waals surface area contributed by atoms with Crippen molar-refractivity contribution in [3.05, 3.63) is 305 Å². The maximum absolute atomic E-state index is 2.49. The van der Waals surface area contributed by atoms with Crippen molar-refractivity contribution < 1.29 is 0 Å². The Morgan fingerprint density at radius 3 is 1.13 bits per heavy atom. The van der Waals surface area contributed by atoms with Gasteiger partial charge in [0.25, 0.3) is 0 Å². The second-order valence-corrected chi connectivity index (χ2v) is 16.8. The zero-order valence-corrected chi connectivity index (χ0v) is 34.8. The molecule has 0 atom stereocenters. The van der Waals surface area contributed by atoms with E-state index in [0.717, 1.165) is 17.1 Å². The molecule has 0 bridgehead atoms. The predicted octanol–water partition coefficient (Wildman–Crippen LogP) is 15.5. The molecule has 1 spiro atoms. The van der Waals surface area contributed by atoms with Crippen molar-refractivity contribution in [3.8, 4) is 33.4 Å². The number of para-hydroxylation sites is 2. The summed E-state index contributed by atoms with van der Waals surface area (Å²) >= 11 is 0. The summed E-state index contributed by atoms with van der Waals surface area (Å²) in [6.45, 7) is 0. The summed E-state index contributed by atoms with van der Waals surface area (Å²) < 4.78 is 0. The lowest BCUT2D eigenvalue weighted by Gasteiger charge is -2.50. The van der Waals surface area contributed by atoms with Gasteiger partial charge in [-0.3, -0.25) is 0 Å². The number of benzene rings is 10. The smallest absolute Gasteiger partial charge is 0.0720 e. The third-order valence-electron chi connectivity index (χ3n) is 13.6. The molecule has 2 aliphatic carbocycles. The molecule has 0 amide bonds. The summed E-state index contributed by atoms with van der Waals surface area (Å²) in [5, 5.41) is 0. The van der Waals surface area contributed by atoms with Gasteiger partial charge >= 0.3 is 0 Å². The Bertz CT molecular complexity index is 3130. The van der Waals surface area contributed by atoms with E-state index in [-0.39, 0.29) is 0 Å². The minimum Gasteiger partial charge on any atom is -0.310 e. The number of nitrogens with zero attached hydrogens (tertiary/aromatic N) is 1. The topological polar surface area (TPSA) is 3.24 Å². The molecule has 1 nitrogen and oxygen atoms in total. The average molecular weight is 802 g/mol. The number of rotatable bonds is 7. The van der Waals surface area contributed by atoms with Gasteiger partial charge in [0.2, 0.25) is 0 Å². The molecule has 296 valence electrons. The lowest BCUT2D eigenvalue weighted by atomic mass is 9.51. The normalized spacial score (nSPS) is 13.7. The Kier molecular flexibility index (Phi) is 8.69. The van der Waals surface area contributed by atoms with E-state index in [4.69, 9.17) is 0 Å². The molecule has 2 aliphatic rings. The molecular formula is C62H43N. The van der Waals surface area contributed by atoms with Crippen LogP contribution in [0.4, 0.5) is 17.1 Å². The number of anilines is 3. The van der Waals surface area contributed by atoms with Crippen LogP contribution < -0.4 is 4.90 Å². The highest BCUT2D eigenvalue weighted by molar-refractivity contribution is 5.91. The number of hydrogen-bond donors (Lipinski definition) is 0. The van der Waals surface area contributed by atoms with Crippen LogP contribution in [0.3, 0.4) is 0 Å². The van der Waals surface area contributed by atoms with Gasteiger partial charge in [-0.2, -0.15) is 0 Å². The number of fused-ring (bicyclic) bond motifs is 9. The van der Waals surface area contributed by atoms with Crippen LogP contribution in [-0.4, -0.2) is 0 Å². The summed E-state index contributed by atoms with van der Waals surface area (Å²) in [6, 6.07) is 96.4. The van der Waals surface area contributed by atoms with Crippen LogP contribution >= 0.6 is 0 Å². The van der Waals surface area contributed by atoms with Gasteiger partial charge in [-0.05, 0) is 120 Å². The van der Waals surface area contributed by atoms with Crippen LogP contribution in [0.5, 0.6) is 0 Å². The second kappa shape index (κ2) is 14.9. The molecule has 12 rings (SSSR count). The fraction of sp³-hybridized carbons (Fsp3) is 0.0323. The average Bonchev–Trinajstić information content (AvgIpc) is 3.66. The summed E-state index contributed by atoms with van der Waals surface area (Å²) in [5.41, 5.74) is 20.2. The van der Waals surface area contributed by atoms with Crippen LogP contribution in [0.1, 0.15) is 44.5 Å². The zero-order chi connectivity index (χ0) is 41.8. The van der Waals surface area contributed by atoms with Gasteiger partial charge in [-0.15, -0.1) is 0 Å². The minimum atomic E-state index is -0.536. The standard InChI is InChI=1S/C62H43N/c1-5-21-48(22-6-1)61(49-23-7-2-8-24-49)56-32-15-17-34-58(56)62(59-35-18-16-33-57(59)61)55-31-14-13-30-53(55)54-41-40-47(43-60(54)62)45-38-36-44(37-39-45)46-20-19-29-52(42-46)63(50-25-9-3-10-26-50)51-27-11-4-12-28-51/h1-43H. The monoisotopic (exact) mass is 801 g/mol. The van der Waals surface area contributed by atoms with Gasteiger partial charge in [0.15, 0.2) is 0 Å². The first kappa shape index (κ1) is 36.8. The van der Waals surface area contributed by atoms with Gasteiger partial charge in [-0.1, -0.05) is 218 Å². The fourth-order valence-electron chi connectivity index (χ4n) is 11.0. The van der Waals surface area contributed by atoms with Crippen molar-refractivity contribution >= 4 is 17.1 Å². The molecule has 0 aliphatic heterocycles. The summed E-state index contributed by atoms with van der Waals surface area (Å²) in [7, 11) is 0. The van der Waals surface area contributed by atoms with E-state index in [2.05, 4.69) is 266 Å². The predicted molar refractivity (Wildman–Crippen MR) is 261 cm³/mol. The van der Waals surface area contributed by atoms with Crippen LogP contribution in [-0.2, 0) is 10.8 Å². The second-order valence-electron chi connectivity index (χ2n) is 16.8. The first-order valence-corrected chi connectivity index (χ1v) is 21.9. The molecule has 0 aromatic heterocycles. The van der Waals surface area contributed by atoms with E-state index in [0.29, 0.717) is 0 Å².